The fourth-order valence-corrected chi connectivity index (χ4v) is 7.60. The van der Waals surface area contributed by atoms with E-state index in [4.69, 9.17) is 18.6 Å². The first kappa shape index (κ1) is 21.4. The highest BCUT2D eigenvalue weighted by atomic mass is 16.5. The van der Waals surface area contributed by atoms with Crippen LogP contribution in [0.15, 0.2) is 33.5 Å². The number of nitrogens with zero attached hydrogens (tertiary/aromatic N) is 2. The number of aromatic nitrogens is 1. The summed E-state index contributed by atoms with van der Waals surface area (Å²) in [4.78, 5) is 41.9. The van der Waals surface area contributed by atoms with Crippen molar-refractivity contribution in [1.29, 1.82) is 0 Å². The van der Waals surface area contributed by atoms with E-state index in [0.29, 0.717) is 43.6 Å². The molecule has 0 unspecified atom stereocenters. The Balaban J connectivity index is 1.76. The van der Waals surface area contributed by atoms with Gasteiger partial charge in [0, 0.05) is 23.9 Å². The number of aliphatic hydroxyl groups is 1. The monoisotopic (exact) mass is 470 g/mol. The highest BCUT2D eigenvalue weighted by Gasteiger charge is 2.74. The van der Waals surface area contributed by atoms with Gasteiger partial charge in [0.15, 0.2) is 11.3 Å². The highest BCUT2D eigenvalue weighted by Crippen LogP contribution is 2.66. The van der Waals surface area contributed by atoms with E-state index in [2.05, 4.69) is 4.90 Å². The lowest BCUT2D eigenvalue weighted by molar-refractivity contribution is -0.205. The van der Waals surface area contributed by atoms with Gasteiger partial charge in [0.25, 0.3) is 5.72 Å². The predicted molar refractivity (Wildman–Crippen MR) is 117 cm³/mol. The molecule has 4 aliphatic rings. The minimum Gasteiger partial charge on any atom is -0.493 e. The van der Waals surface area contributed by atoms with Crippen molar-refractivity contribution in [2.75, 3.05) is 34.4 Å². The number of benzene rings is 1. The standard InChI is InChI=1S/C24H26N2O8/c1-31-14-6-5-13-16-17(14)34-21(29)26(16)24(30,20(28)33-3)15-7-9-22(19(27)32-2)8-4-11-25-12-10-23(13,15)18(22)25/h4-6,8,15,18,30H,7,9-12H2,1-3H3/t15-,18+,22+,23+,24+/m1/s1. The van der Waals surface area contributed by atoms with Crippen LogP contribution in [0.4, 0.5) is 0 Å². The van der Waals surface area contributed by atoms with Gasteiger partial charge in [-0.15, -0.1) is 0 Å². The van der Waals surface area contributed by atoms with Gasteiger partial charge in [-0.2, -0.15) is 0 Å². The van der Waals surface area contributed by atoms with Gasteiger partial charge in [-0.05, 0) is 37.4 Å². The summed E-state index contributed by atoms with van der Waals surface area (Å²) in [5.41, 5.74) is -2.90. The molecule has 0 radical (unpaired) electrons. The summed E-state index contributed by atoms with van der Waals surface area (Å²) in [5, 5.41) is 12.2. The van der Waals surface area contributed by atoms with E-state index < -0.39 is 34.2 Å². The molecule has 0 bridgehead atoms. The van der Waals surface area contributed by atoms with Crippen LogP contribution in [0.1, 0.15) is 24.8 Å². The summed E-state index contributed by atoms with van der Waals surface area (Å²) in [6.07, 6.45) is 5.13. The molecule has 2 fully saturated rings. The third-order valence-electron chi connectivity index (χ3n) is 8.67. The van der Waals surface area contributed by atoms with E-state index in [1.54, 1.807) is 6.07 Å². The molecule has 1 saturated heterocycles. The van der Waals surface area contributed by atoms with Gasteiger partial charge in [-0.1, -0.05) is 18.2 Å². The summed E-state index contributed by atoms with van der Waals surface area (Å²) < 4.78 is 22.4. The third kappa shape index (κ3) is 2.12. The first-order valence-electron chi connectivity index (χ1n) is 11.4. The van der Waals surface area contributed by atoms with Crippen LogP contribution in [0.3, 0.4) is 0 Å². The molecule has 6 rings (SSSR count). The first-order chi connectivity index (χ1) is 16.3. The second-order valence-electron chi connectivity index (χ2n) is 9.63. The molecule has 3 aliphatic heterocycles. The second kappa shape index (κ2) is 6.73. The molecule has 10 nitrogen and oxygen atoms in total. The molecule has 10 heteroatoms. The lowest BCUT2D eigenvalue weighted by Gasteiger charge is -2.60. The Bertz CT molecular complexity index is 1330. The van der Waals surface area contributed by atoms with E-state index in [9.17, 15) is 19.5 Å². The van der Waals surface area contributed by atoms with E-state index >= 15 is 0 Å². The van der Waals surface area contributed by atoms with Gasteiger partial charge >= 0.3 is 17.7 Å². The van der Waals surface area contributed by atoms with E-state index in [0.717, 1.165) is 10.1 Å². The average Bonchev–Trinajstić information content (AvgIpc) is 3.42. The number of carbonyl (C=O) groups is 2. The molecule has 4 heterocycles. The summed E-state index contributed by atoms with van der Waals surface area (Å²) >= 11 is 0. The van der Waals surface area contributed by atoms with Crippen molar-refractivity contribution in [1.82, 2.24) is 9.47 Å². The summed E-state index contributed by atoms with van der Waals surface area (Å²) in [6, 6.07) is 3.21. The molecule has 5 atom stereocenters. The zero-order chi connectivity index (χ0) is 24.0. The van der Waals surface area contributed by atoms with Crippen molar-refractivity contribution in [3.05, 3.63) is 40.4 Å². The first-order valence-corrected chi connectivity index (χ1v) is 11.4. The van der Waals surface area contributed by atoms with Crippen molar-refractivity contribution >= 4 is 23.0 Å². The van der Waals surface area contributed by atoms with Crippen molar-refractivity contribution < 1.29 is 33.3 Å². The minimum atomic E-state index is -2.31. The molecular weight excluding hydrogens is 444 g/mol. The Hall–Kier alpha value is -3.11. The van der Waals surface area contributed by atoms with Crippen molar-refractivity contribution in [2.45, 2.75) is 36.4 Å². The molecular formula is C24H26N2O8. The van der Waals surface area contributed by atoms with Gasteiger partial charge in [-0.25, -0.2) is 14.2 Å². The van der Waals surface area contributed by atoms with Gasteiger partial charge < -0.3 is 23.7 Å². The normalized spacial score (nSPS) is 35.5. The second-order valence-corrected chi connectivity index (χ2v) is 9.63. The third-order valence-corrected chi connectivity index (χ3v) is 8.67. The zero-order valence-electron chi connectivity index (χ0n) is 19.2. The van der Waals surface area contributed by atoms with Crippen LogP contribution in [0.5, 0.6) is 5.75 Å². The molecule has 34 heavy (non-hydrogen) atoms. The topological polar surface area (TPSA) is 120 Å². The molecule has 1 spiro atoms. The van der Waals surface area contributed by atoms with Gasteiger partial charge in [0.1, 0.15) is 10.9 Å². The molecule has 1 aromatic carbocycles. The molecule has 1 N–H and O–H groups in total. The summed E-state index contributed by atoms with van der Waals surface area (Å²) in [7, 11) is 4.02. The number of ether oxygens (including phenoxy) is 3. The van der Waals surface area contributed by atoms with E-state index in [-0.39, 0.29) is 17.6 Å². The van der Waals surface area contributed by atoms with Crippen LogP contribution in [-0.2, 0) is 30.2 Å². The average molecular weight is 470 g/mol. The summed E-state index contributed by atoms with van der Waals surface area (Å²) in [5.74, 6) is -2.58. The van der Waals surface area contributed by atoms with E-state index in [1.807, 2.05) is 18.2 Å². The van der Waals surface area contributed by atoms with Crippen LogP contribution in [-0.4, -0.2) is 67.0 Å². The van der Waals surface area contributed by atoms with Crippen molar-refractivity contribution in [2.24, 2.45) is 11.3 Å². The van der Waals surface area contributed by atoms with Crippen LogP contribution in [0.25, 0.3) is 11.1 Å². The Morgan fingerprint density at radius 2 is 1.91 bits per heavy atom. The smallest absolute Gasteiger partial charge is 0.422 e. The van der Waals surface area contributed by atoms with Crippen molar-refractivity contribution in [3.8, 4) is 5.75 Å². The van der Waals surface area contributed by atoms with E-state index in [1.165, 1.54) is 21.3 Å². The molecule has 1 saturated carbocycles. The largest absolute Gasteiger partial charge is 0.493 e. The Morgan fingerprint density at radius 3 is 2.62 bits per heavy atom. The van der Waals surface area contributed by atoms with Crippen LogP contribution < -0.4 is 10.5 Å². The van der Waals surface area contributed by atoms with Gasteiger partial charge in [-0.3, -0.25) is 9.69 Å². The quantitative estimate of drug-likeness (QED) is 0.515. The minimum absolute atomic E-state index is 0.152. The Kier molecular flexibility index (Phi) is 4.24. The Morgan fingerprint density at radius 1 is 1.15 bits per heavy atom. The number of oxazole rings is 1. The molecule has 180 valence electrons. The molecule has 1 aliphatic carbocycles. The molecule has 2 aromatic rings. The van der Waals surface area contributed by atoms with Crippen LogP contribution in [0.2, 0.25) is 0 Å². The fraction of sp³-hybridized carbons (Fsp3) is 0.542. The number of hydrogen-bond acceptors (Lipinski definition) is 9. The Labute approximate surface area is 194 Å². The lowest BCUT2D eigenvalue weighted by atomic mass is 9.48. The number of esters is 2. The fourth-order valence-electron chi connectivity index (χ4n) is 7.60. The van der Waals surface area contributed by atoms with Gasteiger partial charge in [0.2, 0.25) is 0 Å². The maximum atomic E-state index is 13.3. The van der Waals surface area contributed by atoms with Crippen LogP contribution >= 0.6 is 0 Å². The number of rotatable bonds is 3. The lowest BCUT2D eigenvalue weighted by Crippen LogP contribution is -2.70. The highest BCUT2D eigenvalue weighted by molar-refractivity contribution is 5.91. The van der Waals surface area contributed by atoms with Crippen LogP contribution in [0, 0.1) is 11.3 Å². The summed E-state index contributed by atoms with van der Waals surface area (Å²) in [6.45, 7) is 1.28. The number of hydrogen-bond donors (Lipinski definition) is 1. The number of carbonyl (C=O) groups excluding carboxylic acids is 2. The maximum Gasteiger partial charge on any atom is 0.422 e. The molecule has 1 aromatic heterocycles. The maximum absolute atomic E-state index is 13.3. The zero-order valence-corrected chi connectivity index (χ0v) is 19.2. The van der Waals surface area contributed by atoms with Gasteiger partial charge in [0.05, 0.1) is 21.3 Å². The SMILES string of the molecule is COC(=O)[C@@]1(O)[C@@H]2CC[C@@]3(C(=O)OC)C=CCN4CC[C@@]2(c2ccc(OC)c5oc(=O)n1c25)[C@@H]43. The number of methoxy groups -OCH3 is 3. The predicted octanol–water partition coefficient (Wildman–Crippen LogP) is 0.886. The molecule has 0 amide bonds. The van der Waals surface area contributed by atoms with Crippen molar-refractivity contribution in [3.63, 3.8) is 0 Å².